The lowest BCUT2D eigenvalue weighted by Crippen LogP contribution is -2.15. The molecule has 1 nitrogen and oxygen atoms in total. The van der Waals surface area contributed by atoms with Gasteiger partial charge in [0.1, 0.15) is 0 Å². The molecule has 34 heavy (non-hydrogen) atoms. The fraction of sp³-hybridized carbons (Fsp3) is 0.576. The number of methoxy groups -OCH3 is 1. The first-order valence-corrected chi connectivity index (χ1v) is 14.0. The molecule has 3 rings (SSSR count). The first kappa shape index (κ1) is 26.7. The van der Waals surface area contributed by atoms with Crippen molar-refractivity contribution in [2.45, 2.75) is 97.0 Å². The molecule has 0 heterocycles. The van der Waals surface area contributed by atoms with Gasteiger partial charge in [0.05, 0.1) is 6.10 Å². The number of hydrogen-bond acceptors (Lipinski definition) is 1. The van der Waals surface area contributed by atoms with E-state index in [4.69, 9.17) is 4.74 Å². The molecule has 1 aliphatic rings. The van der Waals surface area contributed by atoms with Gasteiger partial charge in [0, 0.05) is 7.11 Å². The molecule has 1 aliphatic carbocycles. The quantitative estimate of drug-likeness (QED) is 0.255. The summed E-state index contributed by atoms with van der Waals surface area (Å²) in [6.45, 7) is 4.51. The molecule has 0 N–H and O–H groups in total. The third-order valence-corrected chi connectivity index (χ3v) is 8.08. The van der Waals surface area contributed by atoms with Crippen molar-refractivity contribution in [1.29, 1.82) is 0 Å². The minimum atomic E-state index is 0.247. The van der Waals surface area contributed by atoms with Gasteiger partial charge in [0.15, 0.2) is 0 Å². The van der Waals surface area contributed by atoms with Gasteiger partial charge in [0.2, 0.25) is 0 Å². The number of allylic oxidation sites excluding steroid dienone is 1. The van der Waals surface area contributed by atoms with Crippen molar-refractivity contribution in [3.05, 3.63) is 77.4 Å². The van der Waals surface area contributed by atoms with Crippen LogP contribution in [0.3, 0.4) is 0 Å². The van der Waals surface area contributed by atoms with E-state index in [0.29, 0.717) is 0 Å². The zero-order valence-electron chi connectivity index (χ0n) is 22.1. The van der Waals surface area contributed by atoms with Crippen LogP contribution in [0.5, 0.6) is 0 Å². The van der Waals surface area contributed by atoms with Crippen LogP contribution in [0, 0.1) is 17.8 Å². The lowest BCUT2D eigenvalue weighted by atomic mass is 9.77. The second-order valence-electron chi connectivity index (χ2n) is 10.8. The molecule has 1 fully saturated rings. The lowest BCUT2D eigenvalue weighted by Gasteiger charge is -2.28. The van der Waals surface area contributed by atoms with Crippen LogP contribution in [0.1, 0.15) is 107 Å². The highest BCUT2D eigenvalue weighted by Gasteiger charge is 2.21. The summed E-state index contributed by atoms with van der Waals surface area (Å²) < 4.78 is 5.75. The molecule has 186 valence electrons. The van der Waals surface area contributed by atoms with E-state index >= 15 is 0 Å². The maximum absolute atomic E-state index is 5.75. The Morgan fingerprint density at radius 2 is 1.50 bits per heavy atom. The molecule has 0 amide bonds. The molecule has 0 bridgehead atoms. The van der Waals surface area contributed by atoms with E-state index in [0.717, 1.165) is 24.2 Å². The minimum absolute atomic E-state index is 0.247. The molecule has 1 saturated carbocycles. The SMILES string of the molecule is C/C=C\c1ccc(CCC2CCC(CCCCC(C)CCC(OC)c3ccccc3)CC2)cc1. The van der Waals surface area contributed by atoms with Crippen LogP contribution in [0.15, 0.2) is 60.7 Å². The van der Waals surface area contributed by atoms with Crippen LogP contribution >= 0.6 is 0 Å². The minimum Gasteiger partial charge on any atom is -0.377 e. The molecule has 0 aromatic heterocycles. The van der Waals surface area contributed by atoms with Crippen LogP contribution in [0.4, 0.5) is 0 Å². The maximum Gasteiger partial charge on any atom is 0.0821 e. The summed E-state index contributed by atoms with van der Waals surface area (Å²) in [4.78, 5) is 0. The summed E-state index contributed by atoms with van der Waals surface area (Å²) in [5.41, 5.74) is 4.13. The zero-order chi connectivity index (χ0) is 24.0. The number of hydrogen-bond donors (Lipinski definition) is 0. The largest absolute Gasteiger partial charge is 0.377 e. The highest BCUT2D eigenvalue weighted by Crippen LogP contribution is 2.34. The number of rotatable bonds is 14. The highest BCUT2D eigenvalue weighted by atomic mass is 16.5. The van der Waals surface area contributed by atoms with Crippen molar-refractivity contribution in [2.75, 3.05) is 7.11 Å². The summed E-state index contributed by atoms with van der Waals surface area (Å²) in [5.74, 6) is 2.73. The standard InChI is InChI=1S/C33H48O/c1-4-10-28-16-20-30(21-17-28)24-25-31-22-18-29(19-23-31)12-9-8-11-27(2)15-26-33(34-3)32-13-6-5-7-14-32/h4-7,10,13-14,16-17,20-21,27,29,31,33H,8-9,11-12,15,18-19,22-26H2,1-3H3/b10-4-. The monoisotopic (exact) mass is 460 g/mol. The Bertz CT molecular complexity index is 798. The maximum atomic E-state index is 5.75. The Labute approximate surface area is 210 Å². The Hall–Kier alpha value is -1.86. The lowest BCUT2D eigenvalue weighted by molar-refractivity contribution is 0.0893. The van der Waals surface area contributed by atoms with Crippen LogP contribution in [-0.2, 0) is 11.2 Å². The Kier molecular flexibility index (Phi) is 12.0. The van der Waals surface area contributed by atoms with Gasteiger partial charge < -0.3 is 4.74 Å². The van der Waals surface area contributed by atoms with Gasteiger partial charge in [-0.15, -0.1) is 0 Å². The van der Waals surface area contributed by atoms with Gasteiger partial charge in [-0.2, -0.15) is 0 Å². The third-order valence-electron chi connectivity index (χ3n) is 8.08. The summed E-state index contributed by atoms with van der Waals surface area (Å²) in [6.07, 6.45) is 21.0. The number of aryl methyl sites for hydroxylation is 1. The van der Waals surface area contributed by atoms with Gasteiger partial charge in [-0.3, -0.25) is 0 Å². The molecule has 2 aromatic rings. The van der Waals surface area contributed by atoms with Gasteiger partial charge in [0.25, 0.3) is 0 Å². The smallest absolute Gasteiger partial charge is 0.0821 e. The topological polar surface area (TPSA) is 9.23 Å². The van der Waals surface area contributed by atoms with E-state index in [1.165, 1.54) is 87.3 Å². The van der Waals surface area contributed by atoms with E-state index < -0.39 is 0 Å². The Morgan fingerprint density at radius 1 is 0.824 bits per heavy atom. The molecule has 2 unspecified atom stereocenters. The summed E-state index contributed by atoms with van der Waals surface area (Å²) in [7, 11) is 1.85. The predicted molar refractivity (Wildman–Crippen MR) is 148 cm³/mol. The summed E-state index contributed by atoms with van der Waals surface area (Å²) in [5, 5.41) is 0. The van der Waals surface area contributed by atoms with E-state index in [1.54, 1.807) is 0 Å². The molecule has 2 aromatic carbocycles. The molecule has 2 atom stereocenters. The fourth-order valence-electron chi connectivity index (χ4n) is 5.76. The third kappa shape index (κ3) is 9.41. The molecule has 0 saturated heterocycles. The van der Waals surface area contributed by atoms with E-state index in [1.807, 2.05) is 7.11 Å². The van der Waals surface area contributed by atoms with Crippen molar-refractivity contribution >= 4 is 6.08 Å². The normalized spacial score (nSPS) is 20.4. The molecule has 0 aliphatic heterocycles. The Balaban J connectivity index is 1.23. The number of benzene rings is 2. The zero-order valence-corrected chi connectivity index (χ0v) is 22.1. The average Bonchev–Trinajstić information content (AvgIpc) is 2.88. The summed E-state index contributed by atoms with van der Waals surface area (Å²) in [6, 6.07) is 19.8. The number of ether oxygens (including phenoxy) is 1. The highest BCUT2D eigenvalue weighted by molar-refractivity contribution is 5.49. The van der Waals surface area contributed by atoms with Crippen molar-refractivity contribution in [3.8, 4) is 0 Å². The molecular formula is C33H48O. The van der Waals surface area contributed by atoms with Crippen molar-refractivity contribution in [3.63, 3.8) is 0 Å². The molecule has 1 heteroatoms. The van der Waals surface area contributed by atoms with Crippen molar-refractivity contribution < 1.29 is 4.74 Å². The first-order chi connectivity index (χ1) is 16.7. The molecular weight excluding hydrogens is 412 g/mol. The van der Waals surface area contributed by atoms with Crippen LogP contribution < -0.4 is 0 Å². The van der Waals surface area contributed by atoms with Crippen LogP contribution in [0.2, 0.25) is 0 Å². The van der Waals surface area contributed by atoms with Crippen LogP contribution in [0.25, 0.3) is 6.08 Å². The number of unbranched alkanes of at least 4 members (excludes halogenated alkanes) is 1. The second kappa shape index (κ2) is 15.2. The predicted octanol–water partition coefficient (Wildman–Crippen LogP) is 9.82. The Morgan fingerprint density at radius 3 is 2.15 bits per heavy atom. The van der Waals surface area contributed by atoms with Gasteiger partial charge in [-0.05, 0) is 67.1 Å². The second-order valence-corrected chi connectivity index (χ2v) is 10.8. The van der Waals surface area contributed by atoms with Crippen molar-refractivity contribution in [1.82, 2.24) is 0 Å². The van der Waals surface area contributed by atoms with E-state index in [2.05, 4.69) is 80.6 Å². The van der Waals surface area contributed by atoms with Crippen molar-refractivity contribution in [2.24, 2.45) is 17.8 Å². The van der Waals surface area contributed by atoms with Gasteiger partial charge in [-0.25, -0.2) is 0 Å². The van der Waals surface area contributed by atoms with E-state index in [9.17, 15) is 0 Å². The molecule has 0 spiro atoms. The average molecular weight is 461 g/mol. The van der Waals surface area contributed by atoms with Gasteiger partial charge >= 0.3 is 0 Å². The van der Waals surface area contributed by atoms with E-state index in [-0.39, 0.29) is 6.10 Å². The fourth-order valence-corrected chi connectivity index (χ4v) is 5.76. The molecule has 0 radical (unpaired) electrons. The van der Waals surface area contributed by atoms with Gasteiger partial charge in [-0.1, -0.05) is 125 Å². The first-order valence-electron chi connectivity index (χ1n) is 14.0. The van der Waals surface area contributed by atoms with Crippen LogP contribution in [-0.4, -0.2) is 7.11 Å². The summed E-state index contributed by atoms with van der Waals surface area (Å²) >= 11 is 0.